The molecule has 3 heterocycles. The van der Waals surface area contributed by atoms with E-state index in [9.17, 15) is 4.79 Å². The molecule has 0 amide bonds. The quantitative estimate of drug-likeness (QED) is 0.385. The van der Waals surface area contributed by atoms with E-state index in [0.29, 0.717) is 22.8 Å². The Balaban J connectivity index is 0.000000271. The lowest BCUT2D eigenvalue weighted by Gasteiger charge is -2.20. The lowest BCUT2D eigenvalue weighted by molar-refractivity contribution is 0.112. The lowest BCUT2D eigenvalue weighted by atomic mass is 10.2. The zero-order chi connectivity index (χ0) is 19.9. The van der Waals surface area contributed by atoms with Gasteiger partial charge in [-0.25, -0.2) is 4.99 Å². The van der Waals surface area contributed by atoms with Crippen molar-refractivity contribution in [1.82, 2.24) is 14.3 Å². The fourth-order valence-corrected chi connectivity index (χ4v) is 4.45. The number of amidine groups is 1. The third-order valence-corrected chi connectivity index (χ3v) is 5.93. The highest BCUT2D eigenvalue weighted by molar-refractivity contribution is 7.99. The standard InChI is InChI=1S/C14H11N5OS.C5H11NS/c15-10-2-1-5-17-13(10)14(16)18-8-3-4-9-11(7-20)19-21-12(9)6-8;1-6-2-4-7-5-3-6/h1-7H,15H2,(H2,16,18);2-5H2,1H3. The maximum atomic E-state index is 10.8. The molecule has 3 aromatic rings. The second-order valence-electron chi connectivity index (χ2n) is 6.22. The van der Waals surface area contributed by atoms with Crippen LogP contribution < -0.4 is 11.5 Å². The van der Waals surface area contributed by atoms with Crippen molar-refractivity contribution < 1.29 is 4.79 Å². The molecule has 0 atom stereocenters. The van der Waals surface area contributed by atoms with Crippen molar-refractivity contribution in [2.24, 2.45) is 10.7 Å². The fraction of sp³-hybridized carbons (Fsp3) is 0.263. The zero-order valence-corrected chi connectivity index (χ0v) is 17.2. The molecule has 4 rings (SSSR count). The number of nitrogens with zero attached hydrogens (tertiary/aromatic N) is 4. The van der Waals surface area contributed by atoms with Crippen LogP contribution >= 0.6 is 23.3 Å². The van der Waals surface area contributed by atoms with Gasteiger partial charge < -0.3 is 16.4 Å². The maximum absolute atomic E-state index is 10.8. The number of carbonyl (C=O) groups excluding carboxylic acids is 1. The summed E-state index contributed by atoms with van der Waals surface area (Å²) in [5, 5.41) is 0.810. The number of rotatable bonds is 3. The molecule has 2 aromatic heterocycles. The first kappa shape index (κ1) is 20.2. The van der Waals surface area contributed by atoms with Crippen LogP contribution in [0, 0.1) is 0 Å². The number of hydrogen-bond donors (Lipinski definition) is 2. The summed E-state index contributed by atoms with van der Waals surface area (Å²) >= 11 is 3.30. The van der Waals surface area contributed by atoms with Crippen molar-refractivity contribution in [3.05, 3.63) is 47.9 Å². The number of fused-ring (bicyclic) bond motifs is 1. The molecule has 9 heteroatoms. The predicted molar refractivity (Wildman–Crippen MR) is 119 cm³/mol. The molecule has 1 aliphatic rings. The van der Waals surface area contributed by atoms with Gasteiger partial charge in [0.1, 0.15) is 11.4 Å². The summed E-state index contributed by atoms with van der Waals surface area (Å²) in [7, 11) is 2.18. The normalized spacial score (nSPS) is 15.1. The second kappa shape index (κ2) is 9.63. The molecule has 0 aliphatic carbocycles. The van der Waals surface area contributed by atoms with E-state index in [2.05, 4.69) is 38.1 Å². The van der Waals surface area contributed by atoms with E-state index in [1.54, 1.807) is 30.5 Å². The van der Waals surface area contributed by atoms with Gasteiger partial charge in [-0.05, 0) is 48.9 Å². The summed E-state index contributed by atoms with van der Waals surface area (Å²) in [5.74, 6) is 2.90. The average molecular weight is 415 g/mol. The largest absolute Gasteiger partial charge is 0.397 e. The molecule has 4 N–H and O–H groups in total. The summed E-state index contributed by atoms with van der Waals surface area (Å²) in [6, 6.07) is 8.85. The smallest absolute Gasteiger partial charge is 0.170 e. The topological polar surface area (TPSA) is 110 Å². The van der Waals surface area contributed by atoms with E-state index >= 15 is 0 Å². The average Bonchev–Trinajstić information content (AvgIpc) is 3.11. The lowest BCUT2D eigenvalue weighted by Crippen LogP contribution is -2.28. The van der Waals surface area contributed by atoms with Crippen molar-refractivity contribution in [2.45, 2.75) is 0 Å². The van der Waals surface area contributed by atoms with Crippen LogP contribution in [0.5, 0.6) is 0 Å². The van der Waals surface area contributed by atoms with Crippen LogP contribution in [0.2, 0.25) is 0 Å². The number of hydrogen-bond acceptors (Lipinski definition) is 8. The number of nitrogens with two attached hydrogens (primary N) is 2. The molecule has 0 saturated carbocycles. The van der Waals surface area contributed by atoms with E-state index in [4.69, 9.17) is 11.5 Å². The van der Waals surface area contributed by atoms with Gasteiger partial charge in [-0.15, -0.1) is 0 Å². The first-order valence-corrected chi connectivity index (χ1v) is 10.7. The second-order valence-corrected chi connectivity index (χ2v) is 8.25. The number of aldehydes is 1. The number of carbonyl (C=O) groups is 1. The van der Waals surface area contributed by atoms with Crippen LogP contribution in [-0.4, -0.2) is 58.0 Å². The van der Waals surface area contributed by atoms with Crippen LogP contribution in [0.4, 0.5) is 11.4 Å². The minimum atomic E-state index is 0.243. The number of aliphatic imine (C=N–C) groups is 1. The van der Waals surface area contributed by atoms with Gasteiger partial charge in [0.25, 0.3) is 0 Å². The maximum Gasteiger partial charge on any atom is 0.170 e. The van der Waals surface area contributed by atoms with Crippen molar-refractivity contribution in [1.29, 1.82) is 0 Å². The molecule has 0 spiro atoms. The molecule has 1 aromatic carbocycles. The van der Waals surface area contributed by atoms with Crippen LogP contribution in [-0.2, 0) is 0 Å². The highest BCUT2D eigenvalue weighted by Crippen LogP contribution is 2.26. The van der Waals surface area contributed by atoms with E-state index in [0.717, 1.165) is 16.4 Å². The Morgan fingerprint density at radius 3 is 2.71 bits per heavy atom. The molecule has 28 heavy (non-hydrogen) atoms. The third kappa shape index (κ3) is 5.06. The Bertz CT molecular complexity index is 981. The van der Waals surface area contributed by atoms with Gasteiger partial charge in [-0.2, -0.15) is 16.1 Å². The van der Waals surface area contributed by atoms with Crippen molar-refractivity contribution in [2.75, 3.05) is 37.4 Å². The Morgan fingerprint density at radius 2 is 2.07 bits per heavy atom. The number of nitrogen functional groups attached to an aromatic ring is 1. The Labute approximate surface area is 172 Å². The number of thioether (sulfide) groups is 1. The van der Waals surface area contributed by atoms with Gasteiger partial charge in [0.2, 0.25) is 0 Å². The molecule has 1 fully saturated rings. The zero-order valence-electron chi connectivity index (χ0n) is 15.5. The molecule has 1 saturated heterocycles. The van der Waals surface area contributed by atoms with Crippen molar-refractivity contribution in [3.8, 4) is 0 Å². The minimum absolute atomic E-state index is 0.243. The van der Waals surface area contributed by atoms with Crippen LogP contribution in [0.25, 0.3) is 10.1 Å². The van der Waals surface area contributed by atoms with Crippen molar-refractivity contribution in [3.63, 3.8) is 0 Å². The molecule has 0 radical (unpaired) electrons. The predicted octanol–water partition coefficient (Wildman–Crippen LogP) is 2.79. The Kier molecular flexibility index (Phi) is 6.96. The SMILES string of the molecule is CN1CCSCC1.NC(=Nc1ccc2c(C=O)nsc2c1)c1ncccc1N. The summed E-state index contributed by atoms with van der Waals surface area (Å²) in [5.41, 5.74) is 13.8. The number of aromatic nitrogens is 2. The number of pyridine rings is 1. The van der Waals surface area contributed by atoms with Gasteiger partial charge in [0.05, 0.1) is 16.1 Å². The molecule has 7 nitrogen and oxygen atoms in total. The number of benzene rings is 1. The van der Waals surface area contributed by atoms with E-state index in [1.165, 1.54) is 36.1 Å². The van der Waals surface area contributed by atoms with Gasteiger partial charge in [-0.1, -0.05) is 0 Å². The molecular formula is C19H22N6OS2. The summed E-state index contributed by atoms with van der Waals surface area (Å²) < 4.78 is 4.94. The van der Waals surface area contributed by atoms with Crippen LogP contribution in [0.3, 0.4) is 0 Å². The van der Waals surface area contributed by atoms with Gasteiger partial charge in [0, 0.05) is 36.2 Å². The molecule has 0 unspecified atom stereocenters. The van der Waals surface area contributed by atoms with E-state index < -0.39 is 0 Å². The van der Waals surface area contributed by atoms with Crippen LogP contribution in [0.1, 0.15) is 16.2 Å². The summed E-state index contributed by atoms with van der Waals surface area (Å²) in [6.07, 6.45) is 2.35. The molecule has 146 valence electrons. The summed E-state index contributed by atoms with van der Waals surface area (Å²) in [6.45, 7) is 2.56. The fourth-order valence-electron chi connectivity index (χ4n) is 2.58. The van der Waals surface area contributed by atoms with E-state index in [-0.39, 0.29) is 5.84 Å². The third-order valence-electron chi connectivity index (χ3n) is 4.16. The molecular weight excluding hydrogens is 392 g/mol. The Hall–Kier alpha value is -2.49. The molecule has 1 aliphatic heterocycles. The first-order chi connectivity index (χ1) is 13.6. The van der Waals surface area contributed by atoms with Gasteiger partial charge in [0.15, 0.2) is 12.1 Å². The first-order valence-electron chi connectivity index (χ1n) is 8.74. The van der Waals surface area contributed by atoms with Gasteiger partial charge in [-0.3, -0.25) is 9.78 Å². The monoisotopic (exact) mass is 414 g/mol. The van der Waals surface area contributed by atoms with Gasteiger partial charge >= 0.3 is 0 Å². The summed E-state index contributed by atoms with van der Waals surface area (Å²) in [4.78, 5) is 21.6. The van der Waals surface area contributed by atoms with E-state index in [1.807, 2.05) is 6.07 Å². The van der Waals surface area contributed by atoms with Crippen molar-refractivity contribution >= 4 is 56.9 Å². The Morgan fingerprint density at radius 1 is 1.29 bits per heavy atom. The highest BCUT2D eigenvalue weighted by Gasteiger charge is 2.08. The number of anilines is 1. The van der Waals surface area contributed by atoms with Crippen LogP contribution in [0.15, 0.2) is 41.5 Å². The highest BCUT2D eigenvalue weighted by atomic mass is 32.2. The molecule has 0 bridgehead atoms. The minimum Gasteiger partial charge on any atom is -0.397 e.